The molecule has 0 atom stereocenters. The molecular weight excluding hydrogens is 260 g/mol. The molecular formula is C12H20N6S. The van der Waals surface area contributed by atoms with Crippen LogP contribution in [0.1, 0.15) is 16.3 Å². The van der Waals surface area contributed by atoms with E-state index in [1.807, 2.05) is 23.4 Å². The lowest BCUT2D eigenvalue weighted by atomic mass is 10.3. The van der Waals surface area contributed by atoms with E-state index < -0.39 is 0 Å². The Bertz CT molecular complexity index is 506. The van der Waals surface area contributed by atoms with Crippen LogP contribution in [0.4, 0.5) is 0 Å². The highest BCUT2D eigenvalue weighted by Gasteiger charge is 2.06. The van der Waals surface area contributed by atoms with Crippen molar-refractivity contribution in [2.75, 3.05) is 20.6 Å². The van der Waals surface area contributed by atoms with Crippen molar-refractivity contribution in [3.05, 3.63) is 28.0 Å². The molecule has 0 aliphatic rings. The molecule has 0 saturated heterocycles. The minimum atomic E-state index is 0.760. The predicted octanol–water partition coefficient (Wildman–Crippen LogP) is 0.894. The summed E-state index contributed by atoms with van der Waals surface area (Å²) in [7, 11) is 4.02. The number of aryl methyl sites for hydroxylation is 1. The van der Waals surface area contributed by atoms with E-state index in [0.29, 0.717) is 0 Å². The van der Waals surface area contributed by atoms with Crippen LogP contribution < -0.4 is 5.32 Å². The van der Waals surface area contributed by atoms with Crippen LogP contribution in [-0.4, -0.2) is 45.5 Å². The molecule has 2 aromatic rings. The molecule has 0 radical (unpaired) electrons. The molecule has 0 aromatic carbocycles. The highest BCUT2D eigenvalue weighted by atomic mass is 32.1. The Balaban J connectivity index is 1.79. The molecule has 104 valence electrons. The second kappa shape index (κ2) is 6.74. The summed E-state index contributed by atoms with van der Waals surface area (Å²) in [6, 6.07) is 0. The van der Waals surface area contributed by atoms with E-state index >= 15 is 0 Å². The third kappa shape index (κ3) is 4.09. The van der Waals surface area contributed by atoms with Gasteiger partial charge < -0.3 is 5.32 Å². The Morgan fingerprint density at radius 3 is 3.00 bits per heavy atom. The molecule has 0 fully saturated rings. The van der Waals surface area contributed by atoms with Crippen molar-refractivity contribution in [3.8, 4) is 0 Å². The number of nitrogens with zero attached hydrogens (tertiary/aromatic N) is 5. The second-order valence-electron chi connectivity index (χ2n) is 4.60. The fourth-order valence-corrected chi connectivity index (χ4v) is 2.64. The van der Waals surface area contributed by atoms with Gasteiger partial charge in [-0.15, -0.1) is 16.4 Å². The van der Waals surface area contributed by atoms with E-state index in [1.165, 1.54) is 4.88 Å². The fraction of sp³-hybridized carbons (Fsp3) is 0.583. The van der Waals surface area contributed by atoms with E-state index in [1.54, 1.807) is 11.3 Å². The van der Waals surface area contributed by atoms with Crippen LogP contribution in [0.3, 0.4) is 0 Å². The first kappa shape index (κ1) is 14.1. The van der Waals surface area contributed by atoms with Gasteiger partial charge in [0.05, 0.1) is 23.4 Å². The monoisotopic (exact) mass is 280 g/mol. The van der Waals surface area contributed by atoms with Gasteiger partial charge in [-0.3, -0.25) is 9.58 Å². The van der Waals surface area contributed by atoms with Gasteiger partial charge in [-0.25, -0.2) is 4.98 Å². The second-order valence-corrected chi connectivity index (χ2v) is 5.54. The van der Waals surface area contributed by atoms with Crippen molar-refractivity contribution in [1.29, 1.82) is 0 Å². The predicted molar refractivity (Wildman–Crippen MR) is 76.0 cm³/mol. The smallest absolute Gasteiger partial charge is 0.0964 e. The molecule has 0 spiro atoms. The summed E-state index contributed by atoms with van der Waals surface area (Å²) in [6.45, 7) is 5.55. The SMILES string of the molecule is CNCc1cn(CCN(C)Cc2scnc2C)nn1. The summed E-state index contributed by atoms with van der Waals surface area (Å²) in [4.78, 5) is 7.88. The maximum absolute atomic E-state index is 4.27. The molecule has 0 amide bonds. The van der Waals surface area contributed by atoms with Crippen LogP contribution in [0.15, 0.2) is 11.7 Å². The quantitative estimate of drug-likeness (QED) is 0.816. The number of nitrogens with one attached hydrogen (secondary N) is 1. The van der Waals surface area contributed by atoms with E-state index in [-0.39, 0.29) is 0 Å². The average molecular weight is 280 g/mol. The van der Waals surface area contributed by atoms with Crippen molar-refractivity contribution in [1.82, 2.24) is 30.2 Å². The Labute approximate surface area is 117 Å². The molecule has 2 aromatic heterocycles. The van der Waals surface area contributed by atoms with Gasteiger partial charge in [0, 0.05) is 30.7 Å². The zero-order valence-electron chi connectivity index (χ0n) is 11.6. The lowest BCUT2D eigenvalue weighted by molar-refractivity contribution is 0.305. The standard InChI is InChI=1S/C12H20N6S/c1-10-12(19-9-14-10)8-17(3)4-5-18-7-11(6-13-2)15-16-18/h7,9,13H,4-6,8H2,1-3H3. The third-order valence-electron chi connectivity index (χ3n) is 2.91. The van der Waals surface area contributed by atoms with Crippen LogP contribution in [-0.2, 0) is 19.6 Å². The minimum absolute atomic E-state index is 0.760. The van der Waals surface area contributed by atoms with E-state index in [0.717, 1.165) is 37.6 Å². The maximum Gasteiger partial charge on any atom is 0.0964 e. The van der Waals surface area contributed by atoms with Crippen LogP contribution in [0.2, 0.25) is 0 Å². The zero-order valence-corrected chi connectivity index (χ0v) is 12.4. The van der Waals surface area contributed by atoms with Gasteiger partial charge in [-0.05, 0) is 21.0 Å². The van der Waals surface area contributed by atoms with E-state index in [4.69, 9.17) is 0 Å². The van der Waals surface area contributed by atoms with Crippen molar-refractivity contribution in [2.24, 2.45) is 0 Å². The Morgan fingerprint density at radius 2 is 2.32 bits per heavy atom. The lowest BCUT2D eigenvalue weighted by Gasteiger charge is -2.15. The van der Waals surface area contributed by atoms with Crippen LogP contribution in [0, 0.1) is 6.92 Å². The topological polar surface area (TPSA) is 58.9 Å². The number of hydrogen-bond acceptors (Lipinski definition) is 6. The van der Waals surface area contributed by atoms with Crippen molar-refractivity contribution in [3.63, 3.8) is 0 Å². The Kier molecular flexibility index (Phi) is 5.00. The molecule has 0 saturated carbocycles. The fourth-order valence-electron chi connectivity index (χ4n) is 1.79. The van der Waals surface area contributed by atoms with Gasteiger partial charge in [-0.1, -0.05) is 5.21 Å². The lowest BCUT2D eigenvalue weighted by Crippen LogP contribution is -2.23. The molecule has 1 N–H and O–H groups in total. The van der Waals surface area contributed by atoms with Gasteiger partial charge in [0.2, 0.25) is 0 Å². The molecule has 0 bridgehead atoms. The van der Waals surface area contributed by atoms with E-state index in [2.05, 4.69) is 39.5 Å². The normalized spacial score (nSPS) is 11.4. The molecule has 19 heavy (non-hydrogen) atoms. The third-order valence-corrected chi connectivity index (χ3v) is 3.83. The van der Waals surface area contributed by atoms with Gasteiger partial charge in [0.15, 0.2) is 0 Å². The highest BCUT2D eigenvalue weighted by Crippen LogP contribution is 2.13. The number of aromatic nitrogens is 4. The summed E-state index contributed by atoms with van der Waals surface area (Å²) in [5, 5.41) is 11.3. The zero-order chi connectivity index (χ0) is 13.7. The highest BCUT2D eigenvalue weighted by molar-refractivity contribution is 7.09. The minimum Gasteiger partial charge on any atom is -0.314 e. The van der Waals surface area contributed by atoms with Crippen LogP contribution in [0.25, 0.3) is 0 Å². The summed E-state index contributed by atoms with van der Waals surface area (Å²) < 4.78 is 1.89. The molecule has 7 heteroatoms. The van der Waals surface area contributed by atoms with Gasteiger partial charge >= 0.3 is 0 Å². The summed E-state index contributed by atoms with van der Waals surface area (Å²) >= 11 is 1.71. The van der Waals surface area contributed by atoms with Gasteiger partial charge in [0.25, 0.3) is 0 Å². The molecule has 0 aliphatic carbocycles. The van der Waals surface area contributed by atoms with Crippen molar-refractivity contribution >= 4 is 11.3 Å². The van der Waals surface area contributed by atoms with Crippen LogP contribution >= 0.6 is 11.3 Å². The maximum atomic E-state index is 4.27. The van der Waals surface area contributed by atoms with Crippen molar-refractivity contribution in [2.45, 2.75) is 26.6 Å². The Hall–Kier alpha value is -1.31. The molecule has 6 nitrogen and oxygen atoms in total. The van der Waals surface area contributed by atoms with Gasteiger partial charge in [-0.2, -0.15) is 0 Å². The van der Waals surface area contributed by atoms with Crippen molar-refractivity contribution < 1.29 is 0 Å². The Morgan fingerprint density at radius 1 is 1.47 bits per heavy atom. The number of likely N-dealkylation sites (N-methyl/N-ethyl adjacent to an activating group) is 1. The molecule has 0 aliphatic heterocycles. The largest absolute Gasteiger partial charge is 0.314 e. The first-order chi connectivity index (χ1) is 9.19. The molecule has 2 rings (SSSR count). The molecule has 0 unspecified atom stereocenters. The first-order valence-electron chi connectivity index (χ1n) is 6.30. The van der Waals surface area contributed by atoms with Gasteiger partial charge in [0.1, 0.15) is 0 Å². The summed E-state index contributed by atoms with van der Waals surface area (Å²) in [6.07, 6.45) is 1.99. The average Bonchev–Trinajstić information content (AvgIpc) is 2.98. The number of hydrogen-bond donors (Lipinski definition) is 1. The number of rotatable bonds is 7. The summed E-state index contributed by atoms with van der Waals surface area (Å²) in [5.41, 5.74) is 4.01. The van der Waals surface area contributed by atoms with E-state index in [9.17, 15) is 0 Å². The number of thiazole rings is 1. The molecule has 2 heterocycles. The summed E-state index contributed by atoms with van der Waals surface area (Å²) in [5.74, 6) is 0. The first-order valence-corrected chi connectivity index (χ1v) is 7.18. The van der Waals surface area contributed by atoms with Crippen LogP contribution in [0.5, 0.6) is 0 Å².